The first-order chi connectivity index (χ1) is 8.85. The molecule has 0 radical (unpaired) electrons. The summed E-state index contributed by atoms with van der Waals surface area (Å²) in [5.74, 6) is -0.342. The third-order valence-electron chi connectivity index (χ3n) is 2.25. The number of carbonyl (C=O) groups is 1. The van der Waals surface area contributed by atoms with E-state index >= 15 is 0 Å². The Morgan fingerprint density at radius 3 is 2.47 bits per heavy atom. The first-order valence-electron chi connectivity index (χ1n) is 5.81. The van der Waals surface area contributed by atoms with Crippen molar-refractivity contribution in [2.24, 2.45) is 0 Å². The average Bonchev–Trinajstić information content (AvgIpc) is 2.77. The molecule has 0 atom stereocenters. The highest BCUT2D eigenvalue weighted by atomic mass is 35.5. The summed E-state index contributed by atoms with van der Waals surface area (Å²) in [6.07, 6.45) is 0. The summed E-state index contributed by atoms with van der Waals surface area (Å²) in [6, 6.07) is 9.07. The third kappa shape index (κ3) is 3.78. The fourth-order valence-electron chi connectivity index (χ4n) is 1.46. The van der Waals surface area contributed by atoms with E-state index < -0.39 is 5.60 Å². The van der Waals surface area contributed by atoms with Crippen molar-refractivity contribution in [3.63, 3.8) is 0 Å². The number of hydrogen-bond acceptors (Lipinski definition) is 4. The van der Waals surface area contributed by atoms with Crippen molar-refractivity contribution in [1.29, 1.82) is 0 Å². The third-order valence-corrected chi connectivity index (χ3v) is 3.27. The monoisotopic (exact) mass is 295 g/mol. The molecule has 0 spiro atoms. The van der Waals surface area contributed by atoms with E-state index in [1.165, 1.54) is 0 Å². The molecule has 0 aliphatic carbocycles. The number of hydrogen-bond donors (Lipinski definition) is 0. The van der Waals surface area contributed by atoms with Gasteiger partial charge in [0.1, 0.15) is 10.5 Å². The lowest BCUT2D eigenvalue weighted by atomic mass is 10.1. The number of rotatable bonds is 2. The van der Waals surface area contributed by atoms with E-state index in [9.17, 15) is 4.79 Å². The molecular weight excluding hydrogens is 282 g/mol. The van der Waals surface area contributed by atoms with Crippen molar-refractivity contribution in [3.05, 3.63) is 40.2 Å². The number of halogens is 1. The van der Waals surface area contributed by atoms with Gasteiger partial charge in [0.25, 0.3) is 0 Å². The molecule has 2 rings (SSSR count). The van der Waals surface area contributed by atoms with Crippen LogP contribution in [-0.4, -0.2) is 15.9 Å². The lowest BCUT2D eigenvalue weighted by Crippen LogP contribution is -2.23. The van der Waals surface area contributed by atoms with Crippen LogP contribution >= 0.6 is 23.1 Å². The summed E-state index contributed by atoms with van der Waals surface area (Å²) in [5.41, 5.74) is 1.18. The van der Waals surface area contributed by atoms with Crippen molar-refractivity contribution >= 4 is 29.1 Å². The maximum Gasteiger partial charge on any atom is 0.350 e. The maximum absolute atomic E-state index is 11.9. The van der Waals surface area contributed by atoms with Crippen LogP contribution in [0.2, 0.25) is 5.02 Å². The van der Waals surface area contributed by atoms with Crippen LogP contribution < -0.4 is 0 Å². The normalized spacial score (nSPS) is 11.4. The Hall–Kier alpha value is -1.39. The fourth-order valence-corrected chi connectivity index (χ4v) is 2.22. The van der Waals surface area contributed by atoms with Gasteiger partial charge >= 0.3 is 5.97 Å². The van der Waals surface area contributed by atoms with Gasteiger partial charge in [0.15, 0.2) is 0 Å². The Morgan fingerprint density at radius 2 is 1.89 bits per heavy atom. The standard InChI is InChI=1S/C14H14ClNO2S/c1-14(2,3)18-13(17)12-8-11(16-19-12)9-4-6-10(15)7-5-9/h4-8H,1-3H3. The van der Waals surface area contributed by atoms with Crippen molar-refractivity contribution < 1.29 is 9.53 Å². The van der Waals surface area contributed by atoms with Crippen LogP contribution in [0.3, 0.4) is 0 Å². The van der Waals surface area contributed by atoms with Crippen LogP contribution in [0.15, 0.2) is 30.3 Å². The van der Waals surface area contributed by atoms with Gasteiger partial charge in [-0.2, -0.15) is 4.37 Å². The Kier molecular flexibility index (Phi) is 3.92. The highest BCUT2D eigenvalue weighted by molar-refractivity contribution is 7.08. The van der Waals surface area contributed by atoms with E-state index in [2.05, 4.69) is 4.37 Å². The largest absolute Gasteiger partial charge is 0.456 e. The summed E-state index contributed by atoms with van der Waals surface area (Å²) < 4.78 is 9.57. The minimum atomic E-state index is -0.499. The molecule has 0 saturated heterocycles. The van der Waals surface area contributed by atoms with Crippen molar-refractivity contribution in [2.75, 3.05) is 0 Å². The molecule has 2 aromatic rings. The van der Waals surface area contributed by atoms with E-state index in [0.717, 1.165) is 22.8 Å². The quantitative estimate of drug-likeness (QED) is 0.770. The van der Waals surface area contributed by atoms with E-state index in [-0.39, 0.29) is 5.97 Å². The predicted octanol–water partition coefficient (Wildman–Crippen LogP) is 4.42. The maximum atomic E-state index is 11.9. The molecule has 0 unspecified atom stereocenters. The Bertz CT molecular complexity index is 584. The molecule has 0 aliphatic heterocycles. The molecular formula is C14H14ClNO2S. The first-order valence-corrected chi connectivity index (χ1v) is 6.96. The highest BCUT2D eigenvalue weighted by Gasteiger charge is 2.20. The average molecular weight is 296 g/mol. The van der Waals surface area contributed by atoms with Crippen LogP contribution in [0, 0.1) is 0 Å². The van der Waals surface area contributed by atoms with Gasteiger partial charge in [-0.25, -0.2) is 4.79 Å². The van der Waals surface area contributed by atoms with Gasteiger partial charge in [-0.15, -0.1) is 0 Å². The van der Waals surface area contributed by atoms with Crippen LogP contribution in [0.4, 0.5) is 0 Å². The minimum absolute atomic E-state index is 0.342. The van der Waals surface area contributed by atoms with Gasteiger partial charge in [-0.1, -0.05) is 23.7 Å². The molecule has 0 aliphatic rings. The second-order valence-electron chi connectivity index (χ2n) is 5.09. The number of esters is 1. The molecule has 1 aromatic carbocycles. The number of carbonyl (C=O) groups excluding carboxylic acids is 1. The molecule has 100 valence electrons. The predicted molar refractivity (Wildman–Crippen MR) is 77.7 cm³/mol. The molecule has 0 amide bonds. The summed E-state index contributed by atoms with van der Waals surface area (Å²) in [7, 11) is 0. The smallest absolute Gasteiger partial charge is 0.350 e. The molecule has 0 fully saturated rings. The van der Waals surface area contributed by atoms with Gasteiger partial charge < -0.3 is 4.74 Å². The van der Waals surface area contributed by atoms with Crippen LogP contribution in [0.1, 0.15) is 30.4 Å². The van der Waals surface area contributed by atoms with Crippen molar-refractivity contribution in [2.45, 2.75) is 26.4 Å². The van der Waals surface area contributed by atoms with E-state index in [0.29, 0.717) is 9.90 Å². The molecule has 0 saturated carbocycles. The minimum Gasteiger partial charge on any atom is -0.456 e. The zero-order valence-corrected chi connectivity index (χ0v) is 12.5. The summed E-state index contributed by atoms with van der Waals surface area (Å²) >= 11 is 6.98. The zero-order valence-electron chi connectivity index (χ0n) is 10.9. The topological polar surface area (TPSA) is 39.2 Å². The highest BCUT2D eigenvalue weighted by Crippen LogP contribution is 2.24. The molecule has 0 bridgehead atoms. The molecule has 3 nitrogen and oxygen atoms in total. The number of benzene rings is 1. The second-order valence-corrected chi connectivity index (χ2v) is 6.33. The van der Waals surface area contributed by atoms with Crippen LogP contribution in [-0.2, 0) is 4.74 Å². The van der Waals surface area contributed by atoms with Gasteiger partial charge in [-0.05, 0) is 50.5 Å². The molecule has 1 aromatic heterocycles. The number of ether oxygens (including phenoxy) is 1. The van der Waals surface area contributed by atoms with Crippen LogP contribution in [0.25, 0.3) is 11.3 Å². The molecule has 19 heavy (non-hydrogen) atoms. The summed E-state index contributed by atoms with van der Waals surface area (Å²) in [6.45, 7) is 5.52. The Labute approximate surface area is 121 Å². The fraction of sp³-hybridized carbons (Fsp3) is 0.286. The van der Waals surface area contributed by atoms with Gasteiger partial charge in [0.2, 0.25) is 0 Å². The molecule has 0 N–H and O–H groups in total. The second kappa shape index (κ2) is 5.31. The number of nitrogens with zero attached hydrogens (tertiary/aromatic N) is 1. The van der Waals surface area contributed by atoms with E-state index in [1.54, 1.807) is 18.2 Å². The lowest BCUT2D eigenvalue weighted by molar-refractivity contribution is 0.00753. The van der Waals surface area contributed by atoms with E-state index in [4.69, 9.17) is 16.3 Å². The SMILES string of the molecule is CC(C)(C)OC(=O)c1cc(-c2ccc(Cl)cc2)ns1. The lowest BCUT2D eigenvalue weighted by Gasteiger charge is -2.18. The summed E-state index contributed by atoms with van der Waals surface area (Å²) in [5, 5.41) is 0.673. The van der Waals surface area contributed by atoms with Gasteiger partial charge in [-0.3, -0.25) is 0 Å². The zero-order chi connectivity index (χ0) is 14.0. The van der Waals surface area contributed by atoms with Crippen LogP contribution in [0.5, 0.6) is 0 Å². The van der Waals surface area contributed by atoms with Crippen molar-refractivity contribution in [3.8, 4) is 11.3 Å². The summed E-state index contributed by atoms with van der Waals surface area (Å²) in [4.78, 5) is 12.4. The number of aromatic nitrogens is 1. The van der Waals surface area contributed by atoms with E-state index in [1.807, 2.05) is 32.9 Å². The van der Waals surface area contributed by atoms with Crippen molar-refractivity contribution in [1.82, 2.24) is 4.37 Å². The Balaban J connectivity index is 2.19. The van der Waals surface area contributed by atoms with Gasteiger partial charge in [0.05, 0.1) is 5.69 Å². The van der Waals surface area contributed by atoms with Gasteiger partial charge in [0, 0.05) is 10.6 Å². The molecule has 5 heteroatoms. The first kappa shape index (κ1) is 14.0. The molecule has 1 heterocycles. The Morgan fingerprint density at radius 1 is 1.26 bits per heavy atom.